The summed E-state index contributed by atoms with van der Waals surface area (Å²) in [5, 5.41) is 10.8. The molecule has 1 rings (SSSR count). The molecule has 0 fully saturated rings. The van der Waals surface area contributed by atoms with Gasteiger partial charge >= 0.3 is 0 Å². The average Bonchev–Trinajstić information content (AvgIpc) is 2.16. The second-order valence-electron chi connectivity index (χ2n) is 4.36. The standard InChI is InChI=1S/C11H17N3O2/c1-8(2)5-10(12)6-9-3-4-13-7-11(9)14(15)16/h3-4,7-8,10H,5-6,12H2,1-2H3. The fourth-order valence-corrected chi connectivity index (χ4v) is 1.72. The van der Waals surface area contributed by atoms with Crippen molar-refractivity contribution in [1.29, 1.82) is 0 Å². The number of nitrogens with zero attached hydrogens (tertiary/aromatic N) is 2. The molecule has 1 aromatic heterocycles. The third-order valence-electron chi connectivity index (χ3n) is 2.34. The zero-order valence-corrected chi connectivity index (χ0v) is 9.59. The molecule has 0 spiro atoms. The van der Waals surface area contributed by atoms with E-state index in [-0.39, 0.29) is 11.7 Å². The van der Waals surface area contributed by atoms with Crippen LogP contribution in [0.15, 0.2) is 18.5 Å². The highest BCUT2D eigenvalue weighted by molar-refractivity contribution is 5.37. The maximum Gasteiger partial charge on any atom is 0.290 e. The Morgan fingerprint density at radius 2 is 2.25 bits per heavy atom. The normalized spacial score (nSPS) is 12.8. The smallest absolute Gasteiger partial charge is 0.290 e. The highest BCUT2D eigenvalue weighted by Gasteiger charge is 2.16. The lowest BCUT2D eigenvalue weighted by Crippen LogP contribution is -2.25. The van der Waals surface area contributed by atoms with Gasteiger partial charge in [0.2, 0.25) is 0 Å². The third kappa shape index (κ3) is 3.58. The van der Waals surface area contributed by atoms with Gasteiger partial charge in [0.1, 0.15) is 6.20 Å². The van der Waals surface area contributed by atoms with Gasteiger partial charge in [-0.2, -0.15) is 0 Å². The number of pyridine rings is 1. The van der Waals surface area contributed by atoms with Crippen molar-refractivity contribution in [3.05, 3.63) is 34.1 Å². The highest BCUT2D eigenvalue weighted by Crippen LogP contribution is 2.19. The van der Waals surface area contributed by atoms with Crippen molar-refractivity contribution in [1.82, 2.24) is 4.98 Å². The molecule has 5 heteroatoms. The lowest BCUT2D eigenvalue weighted by Gasteiger charge is -2.13. The quantitative estimate of drug-likeness (QED) is 0.610. The van der Waals surface area contributed by atoms with Crippen molar-refractivity contribution >= 4 is 5.69 Å². The molecule has 0 bridgehead atoms. The van der Waals surface area contributed by atoms with E-state index in [0.717, 1.165) is 6.42 Å². The van der Waals surface area contributed by atoms with E-state index in [4.69, 9.17) is 5.73 Å². The maximum absolute atomic E-state index is 10.8. The molecule has 2 N–H and O–H groups in total. The molecule has 1 aromatic rings. The lowest BCUT2D eigenvalue weighted by atomic mass is 9.98. The minimum atomic E-state index is -0.412. The summed E-state index contributed by atoms with van der Waals surface area (Å²) in [5.74, 6) is 0.496. The summed E-state index contributed by atoms with van der Waals surface area (Å²) in [7, 11) is 0. The van der Waals surface area contributed by atoms with Crippen LogP contribution in [0.1, 0.15) is 25.8 Å². The Bertz CT molecular complexity index is 366. The minimum absolute atomic E-state index is 0.0406. The number of rotatable bonds is 5. The second kappa shape index (κ2) is 5.55. The molecule has 5 nitrogen and oxygen atoms in total. The van der Waals surface area contributed by atoms with E-state index >= 15 is 0 Å². The van der Waals surface area contributed by atoms with Crippen molar-refractivity contribution in [3.63, 3.8) is 0 Å². The monoisotopic (exact) mass is 223 g/mol. The molecule has 1 atom stereocenters. The van der Waals surface area contributed by atoms with E-state index in [9.17, 15) is 10.1 Å². The molecular formula is C11H17N3O2. The first kappa shape index (κ1) is 12.6. The Kier molecular flexibility index (Phi) is 4.37. The van der Waals surface area contributed by atoms with Crippen LogP contribution < -0.4 is 5.73 Å². The fourth-order valence-electron chi connectivity index (χ4n) is 1.72. The van der Waals surface area contributed by atoms with Gasteiger partial charge in [0.15, 0.2) is 0 Å². The van der Waals surface area contributed by atoms with Gasteiger partial charge in [-0.1, -0.05) is 13.8 Å². The minimum Gasteiger partial charge on any atom is -0.327 e. The third-order valence-corrected chi connectivity index (χ3v) is 2.34. The summed E-state index contributed by atoms with van der Waals surface area (Å²) in [6.07, 6.45) is 4.22. The van der Waals surface area contributed by atoms with Crippen LogP contribution in [-0.4, -0.2) is 15.9 Å². The SMILES string of the molecule is CC(C)CC(N)Cc1ccncc1[N+](=O)[O-]. The van der Waals surface area contributed by atoms with Crippen LogP contribution in [0, 0.1) is 16.0 Å². The first-order valence-electron chi connectivity index (χ1n) is 5.33. The summed E-state index contributed by atoms with van der Waals surface area (Å²) in [6.45, 7) is 4.17. The van der Waals surface area contributed by atoms with Gasteiger partial charge in [-0.3, -0.25) is 15.1 Å². The van der Waals surface area contributed by atoms with Crippen molar-refractivity contribution < 1.29 is 4.92 Å². The maximum atomic E-state index is 10.8. The van der Waals surface area contributed by atoms with Crippen LogP contribution in [0.3, 0.4) is 0 Å². The molecule has 88 valence electrons. The Labute approximate surface area is 94.8 Å². The average molecular weight is 223 g/mol. The number of nitrogens with two attached hydrogens (primary N) is 1. The molecule has 1 unspecified atom stereocenters. The van der Waals surface area contributed by atoms with Gasteiger partial charge in [-0.25, -0.2) is 0 Å². The van der Waals surface area contributed by atoms with Crippen molar-refractivity contribution in [2.45, 2.75) is 32.7 Å². The highest BCUT2D eigenvalue weighted by atomic mass is 16.6. The van der Waals surface area contributed by atoms with E-state index in [1.54, 1.807) is 12.3 Å². The zero-order chi connectivity index (χ0) is 12.1. The van der Waals surface area contributed by atoms with Gasteiger partial charge in [-0.15, -0.1) is 0 Å². The van der Waals surface area contributed by atoms with E-state index < -0.39 is 4.92 Å². The Morgan fingerprint density at radius 1 is 1.56 bits per heavy atom. The Balaban J connectivity index is 2.76. The number of hydrogen-bond acceptors (Lipinski definition) is 4. The van der Waals surface area contributed by atoms with Crippen molar-refractivity contribution in [2.75, 3.05) is 0 Å². The van der Waals surface area contributed by atoms with Gasteiger partial charge in [0.05, 0.1) is 4.92 Å². The molecule has 0 amide bonds. The largest absolute Gasteiger partial charge is 0.327 e. The predicted molar refractivity (Wildman–Crippen MR) is 62.0 cm³/mol. The first-order valence-corrected chi connectivity index (χ1v) is 5.33. The van der Waals surface area contributed by atoms with Crippen LogP contribution >= 0.6 is 0 Å². The molecule has 0 saturated heterocycles. The topological polar surface area (TPSA) is 82.0 Å². The molecule has 16 heavy (non-hydrogen) atoms. The summed E-state index contributed by atoms with van der Waals surface area (Å²) in [5.41, 5.74) is 6.65. The number of hydrogen-bond donors (Lipinski definition) is 1. The summed E-state index contributed by atoms with van der Waals surface area (Å²) in [4.78, 5) is 14.1. The predicted octanol–water partition coefficient (Wildman–Crippen LogP) is 1.91. The number of aromatic nitrogens is 1. The summed E-state index contributed by atoms with van der Waals surface area (Å²) < 4.78 is 0. The van der Waals surface area contributed by atoms with E-state index in [2.05, 4.69) is 18.8 Å². The van der Waals surface area contributed by atoms with Crippen LogP contribution in [0.2, 0.25) is 0 Å². The molecular weight excluding hydrogens is 206 g/mol. The lowest BCUT2D eigenvalue weighted by molar-refractivity contribution is -0.385. The molecule has 1 heterocycles. The van der Waals surface area contributed by atoms with Gasteiger partial charge in [-0.05, 0) is 24.8 Å². The molecule has 0 saturated carbocycles. The summed E-state index contributed by atoms with van der Waals surface area (Å²) in [6, 6.07) is 1.62. The molecule has 0 aliphatic carbocycles. The fraction of sp³-hybridized carbons (Fsp3) is 0.545. The van der Waals surface area contributed by atoms with Crippen molar-refractivity contribution in [2.24, 2.45) is 11.7 Å². The second-order valence-corrected chi connectivity index (χ2v) is 4.36. The van der Waals surface area contributed by atoms with Crippen LogP contribution in [0.25, 0.3) is 0 Å². The molecule has 0 aromatic carbocycles. The van der Waals surface area contributed by atoms with Crippen molar-refractivity contribution in [3.8, 4) is 0 Å². The molecule has 0 radical (unpaired) electrons. The van der Waals surface area contributed by atoms with Gasteiger partial charge in [0.25, 0.3) is 5.69 Å². The van der Waals surface area contributed by atoms with Gasteiger partial charge in [0, 0.05) is 17.8 Å². The van der Waals surface area contributed by atoms with Crippen LogP contribution in [0.5, 0.6) is 0 Å². The Hall–Kier alpha value is -1.49. The van der Waals surface area contributed by atoms with E-state index in [1.807, 2.05) is 0 Å². The number of nitro groups is 1. The first-order chi connectivity index (χ1) is 7.50. The van der Waals surface area contributed by atoms with Gasteiger partial charge < -0.3 is 5.73 Å². The van der Waals surface area contributed by atoms with E-state index in [1.165, 1.54) is 6.20 Å². The zero-order valence-electron chi connectivity index (χ0n) is 9.59. The summed E-state index contributed by atoms with van der Waals surface area (Å²) >= 11 is 0. The molecule has 0 aliphatic heterocycles. The van der Waals surface area contributed by atoms with E-state index in [0.29, 0.717) is 17.9 Å². The van der Waals surface area contributed by atoms with Crippen LogP contribution in [0.4, 0.5) is 5.69 Å². The molecule has 0 aliphatic rings. The van der Waals surface area contributed by atoms with Crippen LogP contribution in [-0.2, 0) is 6.42 Å². The Morgan fingerprint density at radius 3 is 2.81 bits per heavy atom.